The Bertz CT molecular complexity index is 429. The molecule has 0 bridgehead atoms. The van der Waals surface area contributed by atoms with Crippen LogP contribution in [0.2, 0.25) is 0 Å². The molecule has 3 rings (SSSR count). The first-order valence-electron chi connectivity index (χ1n) is 7.11. The zero-order valence-electron chi connectivity index (χ0n) is 11.4. The summed E-state index contributed by atoms with van der Waals surface area (Å²) in [6.45, 7) is 6.95. The zero-order chi connectivity index (χ0) is 12.8. The van der Waals surface area contributed by atoms with Crippen LogP contribution < -0.4 is 4.90 Å². The van der Waals surface area contributed by atoms with Gasteiger partial charge in [-0.25, -0.2) is 0 Å². The molecule has 1 aromatic carbocycles. The SMILES string of the molecule is Cc1cc(N2CC3(CCCCC3)C2)cc(C)c1Br. The molecule has 0 aromatic heterocycles. The highest BCUT2D eigenvalue weighted by atomic mass is 79.9. The molecule has 0 atom stereocenters. The van der Waals surface area contributed by atoms with E-state index in [9.17, 15) is 0 Å². The van der Waals surface area contributed by atoms with Gasteiger partial charge in [-0.05, 0) is 49.9 Å². The van der Waals surface area contributed by atoms with Gasteiger partial charge < -0.3 is 4.90 Å². The Morgan fingerprint density at radius 3 is 2.11 bits per heavy atom. The molecule has 1 aromatic rings. The second-order valence-electron chi connectivity index (χ2n) is 6.31. The van der Waals surface area contributed by atoms with Crippen molar-refractivity contribution in [3.05, 3.63) is 27.7 Å². The molecule has 1 saturated heterocycles. The Morgan fingerprint density at radius 1 is 1.00 bits per heavy atom. The molecule has 1 nitrogen and oxygen atoms in total. The van der Waals surface area contributed by atoms with Gasteiger partial charge in [0.1, 0.15) is 0 Å². The van der Waals surface area contributed by atoms with E-state index < -0.39 is 0 Å². The highest BCUT2D eigenvalue weighted by Gasteiger charge is 2.43. The fourth-order valence-electron chi connectivity index (χ4n) is 3.67. The largest absolute Gasteiger partial charge is 0.370 e. The highest BCUT2D eigenvalue weighted by molar-refractivity contribution is 9.10. The van der Waals surface area contributed by atoms with Crippen molar-refractivity contribution in [2.45, 2.75) is 46.0 Å². The van der Waals surface area contributed by atoms with Gasteiger partial charge in [0.2, 0.25) is 0 Å². The standard InChI is InChI=1S/C16H22BrN/c1-12-8-14(9-13(2)15(12)17)18-10-16(11-18)6-4-3-5-7-16/h8-9H,3-7,10-11H2,1-2H3. The summed E-state index contributed by atoms with van der Waals surface area (Å²) in [5.41, 5.74) is 4.81. The molecule has 2 aliphatic rings. The minimum atomic E-state index is 0.674. The number of anilines is 1. The Morgan fingerprint density at radius 2 is 1.56 bits per heavy atom. The first kappa shape index (κ1) is 12.5. The summed E-state index contributed by atoms with van der Waals surface area (Å²) in [6.07, 6.45) is 7.27. The van der Waals surface area contributed by atoms with E-state index in [0.29, 0.717) is 5.41 Å². The van der Waals surface area contributed by atoms with Crippen LogP contribution in [0.1, 0.15) is 43.2 Å². The maximum atomic E-state index is 3.65. The normalized spacial score (nSPS) is 22.1. The molecule has 98 valence electrons. The van der Waals surface area contributed by atoms with Crippen LogP contribution in [-0.2, 0) is 0 Å². The number of benzene rings is 1. The summed E-state index contributed by atoms with van der Waals surface area (Å²) in [5.74, 6) is 0. The summed E-state index contributed by atoms with van der Waals surface area (Å²) < 4.78 is 1.26. The average Bonchev–Trinajstić information content (AvgIpc) is 2.33. The summed E-state index contributed by atoms with van der Waals surface area (Å²) in [7, 11) is 0. The molecule has 1 spiro atoms. The van der Waals surface area contributed by atoms with Crippen LogP contribution in [0.15, 0.2) is 16.6 Å². The Balaban J connectivity index is 1.74. The van der Waals surface area contributed by atoms with Crippen molar-refractivity contribution in [3.63, 3.8) is 0 Å². The van der Waals surface area contributed by atoms with Gasteiger partial charge >= 0.3 is 0 Å². The van der Waals surface area contributed by atoms with Gasteiger partial charge in [-0.1, -0.05) is 35.2 Å². The van der Waals surface area contributed by atoms with E-state index in [1.165, 1.54) is 66.5 Å². The Labute approximate surface area is 119 Å². The van der Waals surface area contributed by atoms with E-state index in [2.05, 4.69) is 46.8 Å². The molecule has 1 saturated carbocycles. The quantitative estimate of drug-likeness (QED) is 0.718. The van der Waals surface area contributed by atoms with Crippen molar-refractivity contribution in [2.75, 3.05) is 18.0 Å². The van der Waals surface area contributed by atoms with Gasteiger partial charge in [-0.2, -0.15) is 0 Å². The van der Waals surface area contributed by atoms with Crippen LogP contribution in [0.4, 0.5) is 5.69 Å². The van der Waals surface area contributed by atoms with E-state index in [1.54, 1.807) is 0 Å². The molecule has 2 fully saturated rings. The van der Waals surface area contributed by atoms with Crippen LogP contribution >= 0.6 is 15.9 Å². The molecule has 1 aliphatic carbocycles. The van der Waals surface area contributed by atoms with Gasteiger partial charge in [0, 0.05) is 28.7 Å². The van der Waals surface area contributed by atoms with Crippen molar-refractivity contribution < 1.29 is 0 Å². The fourth-order valence-corrected chi connectivity index (χ4v) is 3.90. The number of nitrogens with zero attached hydrogens (tertiary/aromatic N) is 1. The topological polar surface area (TPSA) is 3.24 Å². The number of aryl methyl sites for hydroxylation is 2. The van der Waals surface area contributed by atoms with Gasteiger partial charge in [-0.15, -0.1) is 0 Å². The van der Waals surface area contributed by atoms with Crippen LogP contribution in [-0.4, -0.2) is 13.1 Å². The lowest BCUT2D eigenvalue weighted by atomic mass is 9.68. The monoisotopic (exact) mass is 307 g/mol. The molecule has 0 amide bonds. The predicted octanol–water partition coefficient (Wildman–Crippen LogP) is 4.84. The summed E-state index contributed by atoms with van der Waals surface area (Å²) in [4.78, 5) is 2.57. The van der Waals surface area contributed by atoms with Gasteiger partial charge in [0.05, 0.1) is 0 Å². The van der Waals surface area contributed by atoms with Crippen molar-refractivity contribution in [3.8, 4) is 0 Å². The lowest BCUT2D eigenvalue weighted by Crippen LogP contribution is -2.57. The number of halogens is 1. The third-order valence-corrected chi connectivity index (χ3v) is 6.00. The Hall–Kier alpha value is -0.500. The van der Waals surface area contributed by atoms with E-state index >= 15 is 0 Å². The van der Waals surface area contributed by atoms with Crippen molar-refractivity contribution in [2.24, 2.45) is 5.41 Å². The molecule has 1 heterocycles. The maximum Gasteiger partial charge on any atom is 0.0372 e. The summed E-state index contributed by atoms with van der Waals surface area (Å²) >= 11 is 3.65. The van der Waals surface area contributed by atoms with E-state index in [1.807, 2.05) is 0 Å². The smallest absolute Gasteiger partial charge is 0.0372 e. The molecular formula is C16H22BrN. The summed E-state index contributed by atoms with van der Waals surface area (Å²) in [5, 5.41) is 0. The van der Waals surface area contributed by atoms with Gasteiger partial charge in [0.15, 0.2) is 0 Å². The number of hydrogen-bond acceptors (Lipinski definition) is 1. The number of rotatable bonds is 1. The van der Waals surface area contributed by atoms with E-state index in [-0.39, 0.29) is 0 Å². The highest BCUT2D eigenvalue weighted by Crippen LogP contribution is 2.46. The maximum absolute atomic E-state index is 3.65. The molecule has 1 aliphatic heterocycles. The molecule has 0 unspecified atom stereocenters. The molecular weight excluding hydrogens is 286 g/mol. The van der Waals surface area contributed by atoms with Gasteiger partial charge in [-0.3, -0.25) is 0 Å². The third-order valence-electron chi connectivity index (χ3n) is 4.75. The van der Waals surface area contributed by atoms with Crippen LogP contribution in [0, 0.1) is 19.3 Å². The Kier molecular flexibility index (Phi) is 3.17. The van der Waals surface area contributed by atoms with Crippen LogP contribution in [0.5, 0.6) is 0 Å². The minimum absolute atomic E-state index is 0.674. The second kappa shape index (κ2) is 4.56. The molecule has 18 heavy (non-hydrogen) atoms. The zero-order valence-corrected chi connectivity index (χ0v) is 13.0. The first-order chi connectivity index (χ1) is 8.60. The van der Waals surface area contributed by atoms with Crippen LogP contribution in [0.3, 0.4) is 0 Å². The molecule has 2 heteroatoms. The third kappa shape index (κ3) is 2.09. The second-order valence-corrected chi connectivity index (χ2v) is 7.10. The number of hydrogen-bond donors (Lipinski definition) is 0. The van der Waals surface area contributed by atoms with Crippen molar-refractivity contribution >= 4 is 21.6 Å². The van der Waals surface area contributed by atoms with Crippen molar-refractivity contribution in [1.29, 1.82) is 0 Å². The molecule has 0 N–H and O–H groups in total. The summed E-state index contributed by atoms with van der Waals surface area (Å²) in [6, 6.07) is 4.65. The van der Waals surface area contributed by atoms with Crippen LogP contribution in [0.25, 0.3) is 0 Å². The van der Waals surface area contributed by atoms with Crippen molar-refractivity contribution in [1.82, 2.24) is 0 Å². The molecule has 0 radical (unpaired) electrons. The average molecular weight is 308 g/mol. The van der Waals surface area contributed by atoms with Gasteiger partial charge in [0.25, 0.3) is 0 Å². The van der Waals surface area contributed by atoms with E-state index in [4.69, 9.17) is 0 Å². The predicted molar refractivity (Wildman–Crippen MR) is 81.3 cm³/mol. The fraction of sp³-hybridized carbons (Fsp3) is 0.625. The minimum Gasteiger partial charge on any atom is -0.370 e. The lowest BCUT2D eigenvalue weighted by Gasteiger charge is -2.53. The lowest BCUT2D eigenvalue weighted by molar-refractivity contribution is 0.139. The van der Waals surface area contributed by atoms with E-state index in [0.717, 1.165) is 0 Å². The first-order valence-corrected chi connectivity index (χ1v) is 7.91.